The lowest BCUT2D eigenvalue weighted by Gasteiger charge is -2.24. The van der Waals surface area contributed by atoms with Gasteiger partial charge in [-0.3, -0.25) is 10.4 Å². The summed E-state index contributed by atoms with van der Waals surface area (Å²) in [4.78, 5) is 6.38. The van der Waals surface area contributed by atoms with Gasteiger partial charge in [0.05, 0.1) is 13.2 Å². The van der Waals surface area contributed by atoms with Gasteiger partial charge in [-0.15, -0.1) is 0 Å². The van der Waals surface area contributed by atoms with Gasteiger partial charge in [0.15, 0.2) is 0 Å². The van der Waals surface area contributed by atoms with Crippen molar-refractivity contribution in [3.05, 3.63) is 0 Å². The highest BCUT2D eigenvalue weighted by Gasteiger charge is 2.09. The van der Waals surface area contributed by atoms with E-state index in [1.807, 2.05) is 4.90 Å². The molecule has 6 nitrogen and oxygen atoms in total. The van der Waals surface area contributed by atoms with Crippen molar-refractivity contribution < 1.29 is 9.47 Å². The van der Waals surface area contributed by atoms with E-state index in [0.29, 0.717) is 19.2 Å². The average Bonchev–Trinajstić information content (AvgIpc) is 2.32. The molecule has 0 aromatic heterocycles. The quantitative estimate of drug-likeness (QED) is 0.263. The van der Waals surface area contributed by atoms with Crippen LogP contribution < -0.4 is 11.3 Å². The summed E-state index contributed by atoms with van der Waals surface area (Å²) in [5, 5.41) is 0. The first-order chi connectivity index (χ1) is 7.79. The van der Waals surface area contributed by atoms with E-state index in [4.69, 9.17) is 15.3 Å². The first-order valence-electron chi connectivity index (χ1n) is 5.54. The van der Waals surface area contributed by atoms with Crippen molar-refractivity contribution >= 4 is 5.96 Å². The van der Waals surface area contributed by atoms with Gasteiger partial charge in [0.2, 0.25) is 5.96 Å². The van der Waals surface area contributed by atoms with E-state index in [2.05, 4.69) is 17.3 Å². The summed E-state index contributed by atoms with van der Waals surface area (Å²) in [5.74, 6) is 6.14. The molecule has 0 aliphatic heterocycles. The second kappa shape index (κ2) is 10.7. The number of nitrogens with two attached hydrogens (primary N) is 1. The van der Waals surface area contributed by atoms with Crippen LogP contribution in [0.3, 0.4) is 0 Å². The molecule has 6 heteroatoms. The fourth-order valence-corrected chi connectivity index (χ4v) is 1.18. The number of rotatable bonds is 8. The topological polar surface area (TPSA) is 72.1 Å². The van der Waals surface area contributed by atoms with E-state index in [1.165, 1.54) is 0 Å². The Morgan fingerprint density at radius 2 is 1.81 bits per heavy atom. The molecule has 0 saturated heterocycles. The largest absolute Gasteiger partial charge is 0.383 e. The minimum atomic E-state index is 0.635. The molecule has 0 bridgehead atoms. The van der Waals surface area contributed by atoms with E-state index < -0.39 is 0 Å². The summed E-state index contributed by atoms with van der Waals surface area (Å²) in [7, 11) is 3.35. The van der Waals surface area contributed by atoms with E-state index in [0.717, 1.165) is 26.1 Å². The molecule has 0 aromatic carbocycles. The number of methoxy groups -OCH3 is 2. The van der Waals surface area contributed by atoms with E-state index in [9.17, 15) is 0 Å². The monoisotopic (exact) mass is 232 g/mol. The van der Waals surface area contributed by atoms with Crippen molar-refractivity contribution in [1.29, 1.82) is 0 Å². The zero-order valence-electron chi connectivity index (χ0n) is 10.5. The smallest absolute Gasteiger partial charge is 0.208 e. The number of hydrazine groups is 1. The minimum Gasteiger partial charge on any atom is -0.383 e. The maximum absolute atomic E-state index is 5.45. The fraction of sp³-hybridized carbons (Fsp3) is 0.900. The van der Waals surface area contributed by atoms with Crippen LogP contribution in [0, 0.1) is 0 Å². The lowest BCUT2D eigenvalue weighted by atomic mass is 10.5. The van der Waals surface area contributed by atoms with Gasteiger partial charge < -0.3 is 14.4 Å². The number of hydrogen-bond donors (Lipinski definition) is 2. The molecule has 0 aromatic rings. The molecule has 0 unspecified atom stereocenters. The molecule has 0 spiro atoms. The first-order valence-corrected chi connectivity index (χ1v) is 5.54. The van der Waals surface area contributed by atoms with Crippen molar-refractivity contribution in [2.45, 2.75) is 13.3 Å². The fourth-order valence-electron chi connectivity index (χ4n) is 1.18. The van der Waals surface area contributed by atoms with Crippen molar-refractivity contribution in [2.24, 2.45) is 10.8 Å². The summed E-state index contributed by atoms with van der Waals surface area (Å²) in [5.41, 5.74) is 2.62. The third kappa shape index (κ3) is 6.60. The minimum absolute atomic E-state index is 0.635. The Bertz CT molecular complexity index is 180. The molecule has 0 aliphatic rings. The molecule has 96 valence electrons. The van der Waals surface area contributed by atoms with Crippen LogP contribution in [0.25, 0.3) is 0 Å². The predicted octanol–water partition coefficient (Wildman–Crippen LogP) is -0.189. The molecule has 0 saturated carbocycles. The second-order valence-electron chi connectivity index (χ2n) is 3.32. The summed E-state index contributed by atoms with van der Waals surface area (Å²) in [6.07, 6.45) is 0.994. The first kappa shape index (κ1) is 15.2. The normalized spacial score (nSPS) is 11.6. The Morgan fingerprint density at radius 1 is 1.25 bits per heavy atom. The number of nitrogens with one attached hydrogen (secondary N) is 1. The highest BCUT2D eigenvalue weighted by atomic mass is 16.5. The highest BCUT2D eigenvalue weighted by molar-refractivity contribution is 5.79. The molecule has 0 fully saturated rings. The maximum atomic E-state index is 5.45. The molecule has 0 radical (unpaired) electrons. The zero-order chi connectivity index (χ0) is 12.2. The van der Waals surface area contributed by atoms with Crippen LogP contribution in [0.2, 0.25) is 0 Å². The van der Waals surface area contributed by atoms with E-state index >= 15 is 0 Å². The molecular formula is C10H24N4O2. The van der Waals surface area contributed by atoms with Gasteiger partial charge in [-0.1, -0.05) is 6.92 Å². The van der Waals surface area contributed by atoms with Crippen LogP contribution >= 0.6 is 0 Å². The Morgan fingerprint density at radius 3 is 2.19 bits per heavy atom. The number of ether oxygens (including phenoxy) is 2. The van der Waals surface area contributed by atoms with Crippen LogP contribution in [-0.2, 0) is 9.47 Å². The predicted molar refractivity (Wildman–Crippen MR) is 65.2 cm³/mol. The molecule has 0 rings (SSSR count). The van der Waals surface area contributed by atoms with Crippen LogP contribution in [0.1, 0.15) is 13.3 Å². The number of nitrogens with zero attached hydrogens (tertiary/aromatic N) is 2. The van der Waals surface area contributed by atoms with Crippen LogP contribution in [0.4, 0.5) is 0 Å². The standard InChI is InChI=1S/C10H24N4O2/c1-4-5-12-10(13-11)14(6-8-15-2)7-9-16-3/h4-9,11H2,1-3H3,(H,12,13). The molecule has 0 amide bonds. The lowest BCUT2D eigenvalue weighted by Crippen LogP contribution is -2.47. The third-order valence-electron chi connectivity index (χ3n) is 2.04. The summed E-state index contributed by atoms with van der Waals surface area (Å²) >= 11 is 0. The van der Waals surface area contributed by atoms with Gasteiger partial charge in [0.1, 0.15) is 0 Å². The van der Waals surface area contributed by atoms with Crippen LogP contribution in [0.5, 0.6) is 0 Å². The summed E-state index contributed by atoms with van der Waals surface area (Å²) in [6, 6.07) is 0. The van der Waals surface area contributed by atoms with E-state index in [-0.39, 0.29) is 0 Å². The molecule has 16 heavy (non-hydrogen) atoms. The van der Waals surface area contributed by atoms with Crippen molar-refractivity contribution in [3.8, 4) is 0 Å². The van der Waals surface area contributed by atoms with Crippen molar-refractivity contribution in [1.82, 2.24) is 10.3 Å². The van der Waals surface area contributed by atoms with Crippen molar-refractivity contribution in [2.75, 3.05) is 47.1 Å². The third-order valence-corrected chi connectivity index (χ3v) is 2.04. The average molecular weight is 232 g/mol. The lowest BCUT2D eigenvalue weighted by molar-refractivity contribution is 0.144. The van der Waals surface area contributed by atoms with Crippen LogP contribution in [-0.4, -0.2) is 57.9 Å². The van der Waals surface area contributed by atoms with Gasteiger partial charge in [-0.2, -0.15) is 0 Å². The number of hydrogen-bond acceptors (Lipinski definition) is 4. The second-order valence-corrected chi connectivity index (χ2v) is 3.32. The Labute approximate surface area is 97.8 Å². The van der Waals surface area contributed by atoms with E-state index in [1.54, 1.807) is 14.2 Å². The SMILES string of the molecule is CCCN=C(NN)N(CCOC)CCOC. The molecule has 0 heterocycles. The molecule has 3 N–H and O–H groups in total. The van der Waals surface area contributed by atoms with Gasteiger partial charge in [0, 0.05) is 33.9 Å². The summed E-state index contributed by atoms with van der Waals surface area (Å²) in [6.45, 7) is 5.59. The Kier molecular flexibility index (Phi) is 10.1. The summed E-state index contributed by atoms with van der Waals surface area (Å²) < 4.78 is 10.1. The van der Waals surface area contributed by atoms with Gasteiger partial charge in [-0.25, -0.2) is 5.84 Å². The zero-order valence-corrected chi connectivity index (χ0v) is 10.5. The molecular weight excluding hydrogens is 208 g/mol. The van der Waals surface area contributed by atoms with Crippen LogP contribution in [0.15, 0.2) is 4.99 Å². The Balaban J connectivity index is 4.29. The highest BCUT2D eigenvalue weighted by Crippen LogP contribution is 1.92. The molecule has 0 aliphatic carbocycles. The Hall–Kier alpha value is -0.850. The number of guanidine groups is 1. The van der Waals surface area contributed by atoms with Gasteiger partial charge >= 0.3 is 0 Å². The van der Waals surface area contributed by atoms with Gasteiger partial charge in [-0.05, 0) is 6.42 Å². The molecule has 0 atom stereocenters. The number of aliphatic imine (C=N–C) groups is 1. The van der Waals surface area contributed by atoms with Gasteiger partial charge in [0.25, 0.3) is 0 Å². The maximum Gasteiger partial charge on any atom is 0.208 e. The van der Waals surface area contributed by atoms with Crippen molar-refractivity contribution in [3.63, 3.8) is 0 Å².